The average Bonchev–Trinajstić information content (AvgIpc) is 3.09. The average molecular weight is 458 g/mol. The lowest BCUT2D eigenvalue weighted by atomic mass is 9.94. The van der Waals surface area contributed by atoms with Gasteiger partial charge in [-0.05, 0) is 61.4 Å². The lowest BCUT2D eigenvalue weighted by molar-refractivity contribution is -0.140. The third-order valence-electron chi connectivity index (χ3n) is 5.82. The first kappa shape index (κ1) is 23.1. The summed E-state index contributed by atoms with van der Waals surface area (Å²) in [6.45, 7) is 4.55. The summed E-state index contributed by atoms with van der Waals surface area (Å²) in [4.78, 5) is 27.9. The van der Waals surface area contributed by atoms with Crippen LogP contribution in [-0.4, -0.2) is 35.4 Å². The van der Waals surface area contributed by atoms with Crippen LogP contribution in [-0.2, 0) is 16.1 Å². The van der Waals surface area contributed by atoms with E-state index in [2.05, 4.69) is 0 Å². The first-order chi connectivity index (χ1) is 16.4. The summed E-state index contributed by atoms with van der Waals surface area (Å²) in [5.74, 6) is -0.244. The van der Waals surface area contributed by atoms with E-state index in [0.29, 0.717) is 23.7 Å². The van der Waals surface area contributed by atoms with Gasteiger partial charge in [-0.3, -0.25) is 9.59 Å². The van der Waals surface area contributed by atoms with Gasteiger partial charge in [-0.2, -0.15) is 0 Å². The highest BCUT2D eigenvalue weighted by molar-refractivity contribution is 6.46. The summed E-state index contributed by atoms with van der Waals surface area (Å²) < 4.78 is 10.8. The molecule has 3 aromatic rings. The molecule has 0 saturated carbocycles. The zero-order valence-electron chi connectivity index (χ0n) is 19.4. The van der Waals surface area contributed by atoms with Crippen LogP contribution in [0, 0.1) is 6.92 Å². The highest BCUT2D eigenvalue weighted by atomic mass is 16.5. The van der Waals surface area contributed by atoms with Crippen LogP contribution in [0.1, 0.15) is 35.2 Å². The maximum Gasteiger partial charge on any atom is 0.295 e. The van der Waals surface area contributed by atoms with E-state index < -0.39 is 17.7 Å². The second-order valence-corrected chi connectivity index (χ2v) is 8.15. The van der Waals surface area contributed by atoms with Gasteiger partial charge < -0.3 is 19.5 Å². The summed E-state index contributed by atoms with van der Waals surface area (Å²) in [6.07, 6.45) is 0. The molecule has 6 heteroatoms. The number of benzene rings is 3. The summed E-state index contributed by atoms with van der Waals surface area (Å²) in [7, 11) is 1.58. The topological polar surface area (TPSA) is 76.1 Å². The van der Waals surface area contributed by atoms with E-state index >= 15 is 0 Å². The number of ketones is 1. The molecule has 1 unspecified atom stereocenters. The highest BCUT2D eigenvalue weighted by Gasteiger charge is 2.46. The molecule has 0 bridgehead atoms. The van der Waals surface area contributed by atoms with Crippen molar-refractivity contribution in [3.63, 3.8) is 0 Å². The summed E-state index contributed by atoms with van der Waals surface area (Å²) in [5.41, 5.74) is 3.09. The molecule has 1 aliphatic heterocycles. The molecule has 0 spiro atoms. The minimum Gasteiger partial charge on any atom is -0.507 e. The number of amides is 1. The summed E-state index contributed by atoms with van der Waals surface area (Å²) in [5, 5.41) is 11.2. The Balaban J connectivity index is 1.81. The van der Waals surface area contributed by atoms with Gasteiger partial charge in [0.2, 0.25) is 0 Å². The van der Waals surface area contributed by atoms with Crippen LogP contribution < -0.4 is 9.47 Å². The molecule has 0 aliphatic carbocycles. The van der Waals surface area contributed by atoms with Gasteiger partial charge in [0.25, 0.3) is 11.7 Å². The van der Waals surface area contributed by atoms with Crippen LogP contribution >= 0.6 is 0 Å². The number of ether oxygens (including phenoxy) is 2. The molecule has 3 aromatic carbocycles. The van der Waals surface area contributed by atoms with Gasteiger partial charge in [0.05, 0.1) is 25.3 Å². The fourth-order valence-corrected chi connectivity index (χ4v) is 4.23. The van der Waals surface area contributed by atoms with Crippen molar-refractivity contribution >= 4 is 17.4 Å². The molecule has 0 aromatic heterocycles. The Morgan fingerprint density at radius 3 is 2.38 bits per heavy atom. The summed E-state index contributed by atoms with van der Waals surface area (Å²) >= 11 is 0. The van der Waals surface area contributed by atoms with E-state index in [-0.39, 0.29) is 17.9 Å². The molecular weight excluding hydrogens is 430 g/mol. The van der Waals surface area contributed by atoms with E-state index in [9.17, 15) is 14.7 Å². The molecule has 34 heavy (non-hydrogen) atoms. The van der Waals surface area contributed by atoms with Crippen LogP contribution in [0.15, 0.2) is 78.4 Å². The molecule has 6 nitrogen and oxygen atoms in total. The Kier molecular flexibility index (Phi) is 6.68. The lowest BCUT2D eigenvalue weighted by Crippen LogP contribution is -2.29. The third-order valence-corrected chi connectivity index (χ3v) is 5.82. The van der Waals surface area contributed by atoms with E-state index in [0.717, 1.165) is 16.7 Å². The first-order valence-electron chi connectivity index (χ1n) is 11.1. The highest BCUT2D eigenvalue weighted by Crippen LogP contribution is 2.40. The van der Waals surface area contributed by atoms with Crippen molar-refractivity contribution in [2.24, 2.45) is 0 Å². The number of carbonyl (C=O) groups excluding carboxylic acids is 2. The Morgan fingerprint density at radius 2 is 1.71 bits per heavy atom. The standard InChI is InChI=1S/C28H27NO5/c1-4-34-22-13-11-20(12-14-22)26(30)24-25(21-9-5-7-18(2)15-21)29(28(32)27(24)31)17-19-8-6-10-23(16-19)33-3/h5-16,25,30H,4,17H2,1-3H3/b26-24-. The number of hydrogen-bond acceptors (Lipinski definition) is 5. The molecular formula is C28H27NO5. The predicted octanol–water partition coefficient (Wildman–Crippen LogP) is 5.02. The minimum atomic E-state index is -0.724. The molecule has 1 atom stereocenters. The van der Waals surface area contributed by atoms with Gasteiger partial charge in [0.15, 0.2) is 0 Å². The Morgan fingerprint density at radius 1 is 0.971 bits per heavy atom. The molecule has 0 radical (unpaired) electrons. The van der Waals surface area contributed by atoms with Crippen molar-refractivity contribution in [3.8, 4) is 11.5 Å². The van der Waals surface area contributed by atoms with Crippen molar-refractivity contribution in [1.82, 2.24) is 4.90 Å². The van der Waals surface area contributed by atoms with Crippen LogP contribution in [0.3, 0.4) is 0 Å². The molecule has 1 N–H and O–H groups in total. The Hall–Kier alpha value is -4.06. The normalized spacial score (nSPS) is 17.1. The second-order valence-electron chi connectivity index (χ2n) is 8.15. The van der Waals surface area contributed by atoms with Crippen molar-refractivity contribution in [2.75, 3.05) is 13.7 Å². The zero-order chi connectivity index (χ0) is 24.2. The molecule has 1 heterocycles. The quantitative estimate of drug-likeness (QED) is 0.306. The largest absolute Gasteiger partial charge is 0.507 e. The fraction of sp³-hybridized carbons (Fsp3) is 0.214. The van der Waals surface area contributed by atoms with E-state index in [1.165, 1.54) is 4.90 Å². The van der Waals surface area contributed by atoms with Gasteiger partial charge in [-0.25, -0.2) is 0 Å². The molecule has 1 saturated heterocycles. The zero-order valence-corrected chi connectivity index (χ0v) is 19.4. The van der Waals surface area contributed by atoms with Gasteiger partial charge in [-0.1, -0.05) is 42.0 Å². The molecule has 174 valence electrons. The SMILES string of the molecule is CCOc1ccc(/C(O)=C2/C(=O)C(=O)N(Cc3cccc(OC)c3)C2c2cccc(C)c2)cc1. The number of hydrogen-bond donors (Lipinski definition) is 1. The predicted molar refractivity (Wildman–Crippen MR) is 130 cm³/mol. The number of nitrogens with zero attached hydrogens (tertiary/aromatic N) is 1. The fourth-order valence-electron chi connectivity index (χ4n) is 4.23. The molecule has 1 fully saturated rings. The number of rotatable bonds is 7. The van der Waals surface area contributed by atoms with Crippen molar-refractivity contribution < 1.29 is 24.2 Å². The number of carbonyl (C=O) groups is 2. The molecule has 1 amide bonds. The smallest absolute Gasteiger partial charge is 0.295 e. The van der Waals surface area contributed by atoms with E-state index in [1.807, 2.05) is 62.4 Å². The number of aryl methyl sites for hydroxylation is 1. The Bertz CT molecular complexity index is 1250. The molecule has 1 aliphatic rings. The number of Topliss-reactive ketones (excluding diaryl/α,β-unsaturated/α-hetero) is 1. The van der Waals surface area contributed by atoms with Crippen LogP contribution in [0.2, 0.25) is 0 Å². The lowest BCUT2D eigenvalue weighted by Gasteiger charge is -2.26. The van der Waals surface area contributed by atoms with Crippen LogP contribution in [0.4, 0.5) is 0 Å². The number of aliphatic hydroxyl groups excluding tert-OH is 1. The third kappa shape index (κ3) is 4.53. The first-order valence-corrected chi connectivity index (χ1v) is 11.1. The monoisotopic (exact) mass is 457 g/mol. The van der Waals surface area contributed by atoms with Gasteiger partial charge in [0, 0.05) is 12.1 Å². The summed E-state index contributed by atoms with van der Waals surface area (Å²) in [6, 6.07) is 21.1. The maximum absolute atomic E-state index is 13.2. The van der Waals surface area contributed by atoms with Crippen molar-refractivity contribution in [2.45, 2.75) is 26.4 Å². The van der Waals surface area contributed by atoms with Crippen molar-refractivity contribution in [1.29, 1.82) is 0 Å². The van der Waals surface area contributed by atoms with E-state index in [1.54, 1.807) is 31.4 Å². The van der Waals surface area contributed by atoms with Crippen LogP contribution in [0.5, 0.6) is 11.5 Å². The van der Waals surface area contributed by atoms with Crippen LogP contribution in [0.25, 0.3) is 5.76 Å². The maximum atomic E-state index is 13.2. The molecule has 4 rings (SSSR count). The number of aliphatic hydroxyl groups is 1. The van der Waals surface area contributed by atoms with Crippen molar-refractivity contribution in [3.05, 3.63) is 101 Å². The Labute approximate surface area is 199 Å². The van der Waals surface area contributed by atoms with Gasteiger partial charge >= 0.3 is 0 Å². The van der Waals surface area contributed by atoms with Gasteiger partial charge in [0.1, 0.15) is 17.3 Å². The number of methoxy groups -OCH3 is 1. The van der Waals surface area contributed by atoms with E-state index in [4.69, 9.17) is 9.47 Å². The minimum absolute atomic E-state index is 0.0719. The van der Waals surface area contributed by atoms with Gasteiger partial charge in [-0.15, -0.1) is 0 Å². The number of likely N-dealkylation sites (tertiary alicyclic amines) is 1. The second kappa shape index (κ2) is 9.83.